The van der Waals surface area contributed by atoms with Gasteiger partial charge in [0.1, 0.15) is 5.52 Å². The predicted molar refractivity (Wildman–Crippen MR) is 167 cm³/mol. The van der Waals surface area contributed by atoms with Crippen LogP contribution in [-0.2, 0) is 48.3 Å². The number of amides is 1. The highest BCUT2D eigenvalue weighted by atomic mass is 32.2. The number of hydrogen-bond donors (Lipinski definition) is 1. The Morgan fingerprint density at radius 2 is 1.22 bits per heavy atom. The molecule has 1 N–H and O–H groups in total. The lowest BCUT2D eigenvalue weighted by atomic mass is 10.1. The molecule has 4 aromatic rings. The number of rotatable bonds is 14. The molecule has 1 heterocycles. The van der Waals surface area contributed by atoms with Crippen LogP contribution in [0, 0.1) is 5.92 Å². The third-order valence-corrected chi connectivity index (χ3v) is 10.7. The van der Waals surface area contributed by atoms with E-state index >= 15 is 0 Å². The Balaban J connectivity index is 1.67. The number of carbonyl (C=O) groups excluding carboxylic acids is 2. The minimum Gasteiger partial charge on any atom is -0.434 e. The fourth-order valence-corrected chi connectivity index (χ4v) is 8.82. The van der Waals surface area contributed by atoms with Crippen molar-refractivity contribution in [1.29, 1.82) is 0 Å². The van der Waals surface area contributed by atoms with Crippen LogP contribution in [0.4, 0.5) is 26.3 Å². The highest BCUT2D eigenvalue weighted by Gasteiger charge is 2.38. The summed E-state index contributed by atoms with van der Waals surface area (Å²) in [6.45, 7) is 1.65. The summed E-state index contributed by atoms with van der Waals surface area (Å²) in [6.07, 6.45) is -9.61. The zero-order valence-electron chi connectivity index (χ0n) is 25.7. The van der Waals surface area contributed by atoms with Gasteiger partial charge in [0.25, 0.3) is 5.89 Å². The molecule has 0 radical (unpaired) electrons. The van der Waals surface area contributed by atoms with Crippen LogP contribution in [-0.4, -0.2) is 51.1 Å². The number of Topliss-reactive ketones (excluding diaryl/α,β-unsaturated/α-hetero) is 1. The van der Waals surface area contributed by atoms with Crippen molar-refractivity contribution in [3.8, 4) is 0 Å². The minimum atomic E-state index is -4.93. The summed E-state index contributed by atoms with van der Waals surface area (Å²) in [5, 5.41) is 2.33. The van der Waals surface area contributed by atoms with Crippen molar-refractivity contribution in [2.75, 3.05) is 11.5 Å². The molecule has 0 saturated carbocycles. The third kappa shape index (κ3) is 9.90. The fourth-order valence-electron chi connectivity index (χ4n) is 5.22. The lowest BCUT2D eigenvalue weighted by molar-refractivity contribution is -0.138. The molecule has 1 atom stereocenters. The zero-order valence-corrected chi connectivity index (χ0v) is 27.3. The maximum Gasteiger partial charge on any atom is 0.416 e. The second kappa shape index (κ2) is 14.7. The van der Waals surface area contributed by atoms with E-state index in [1.165, 1.54) is 18.2 Å². The predicted octanol–water partition coefficient (Wildman–Crippen LogP) is 6.18. The van der Waals surface area contributed by atoms with E-state index in [1.54, 1.807) is 25.1 Å². The van der Waals surface area contributed by atoms with Crippen molar-refractivity contribution >= 4 is 42.5 Å². The molecule has 17 heteroatoms. The molecule has 0 fully saturated rings. The van der Waals surface area contributed by atoms with Gasteiger partial charge >= 0.3 is 12.4 Å². The molecule has 0 bridgehead atoms. The van der Waals surface area contributed by atoms with Gasteiger partial charge in [-0.25, -0.2) is 21.8 Å². The first-order valence-corrected chi connectivity index (χ1v) is 18.3. The molecule has 0 spiro atoms. The first-order valence-electron chi connectivity index (χ1n) is 14.7. The molecule has 0 saturated heterocycles. The van der Waals surface area contributed by atoms with E-state index in [0.717, 1.165) is 24.3 Å². The molecule has 0 unspecified atom stereocenters. The Labute approximate surface area is 277 Å². The average molecular weight is 733 g/mol. The Hall–Kier alpha value is -4.25. The van der Waals surface area contributed by atoms with Crippen LogP contribution in [0.15, 0.2) is 77.2 Å². The minimum absolute atomic E-state index is 0.0343. The summed E-state index contributed by atoms with van der Waals surface area (Å²) in [5.74, 6) is -9.61. The summed E-state index contributed by atoms with van der Waals surface area (Å²) in [5.41, 5.74) is -3.27. The van der Waals surface area contributed by atoms with E-state index in [-0.39, 0.29) is 12.0 Å². The highest BCUT2D eigenvalue weighted by Crippen LogP contribution is 2.34. The van der Waals surface area contributed by atoms with Crippen LogP contribution in [0.5, 0.6) is 0 Å². The van der Waals surface area contributed by atoms with E-state index in [1.807, 2.05) is 0 Å². The van der Waals surface area contributed by atoms with Crippen molar-refractivity contribution in [3.05, 3.63) is 101 Å². The Bertz CT molecular complexity index is 1920. The van der Waals surface area contributed by atoms with Crippen molar-refractivity contribution in [3.63, 3.8) is 0 Å². The highest BCUT2D eigenvalue weighted by molar-refractivity contribution is 7.91. The van der Waals surface area contributed by atoms with Crippen LogP contribution in [0.25, 0.3) is 11.1 Å². The second-order valence-corrected chi connectivity index (χ2v) is 15.5. The number of carbonyl (C=O) groups is 2. The van der Waals surface area contributed by atoms with Gasteiger partial charge in [-0.1, -0.05) is 61.9 Å². The first kappa shape index (κ1) is 37.6. The van der Waals surface area contributed by atoms with Crippen LogP contribution in [0.1, 0.15) is 52.7 Å². The molecular weight excluding hydrogens is 702 g/mol. The van der Waals surface area contributed by atoms with Gasteiger partial charge in [0.2, 0.25) is 11.7 Å². The van der Waals surface area contributed by atoms with Gasteiger partial charge in [0.05, 0.1) is 46.1 Å². The molecule has 9 nitrogen and oxygen atoms in total. The van der Waals surface area contributed by atoms with Gasteiger partial charge in [-0.15, -0.1) is 0 Å². The monoisotopic (exact) mass is 732 g/mol. The van der Waals surface area contributed by atoms with Gasteiger partial charge in [0, 0.05) is 0 Å². The lowest BCUT2D eigenvalue weighted by Gasteiger charge is -2.22. The number of ketones is 1. The fraction of sp³-hybridized carbons (Fsp3) is 0.344. The number of para-hydroxylation sites is 2. The quantitative estimate of drug-likeness (QED) is 0.120. The summed E-state index contributed by atoms with van der Waals surface area (Å²) in [4.78, 5) is 31.1. The second-order valence-electron chi connectivity index (χ2n) is 11.3. The smallest absolute Gasteiger partial charge is 0.416 e. The van der Waals surface area contributed by atoms with Gasteiger partial charge in [-0.05, 0) is 41.8 Å². The van der Waals surface area contributed by atoms with Gasteiger partial charge in [-0.2, -0.15) is 26.3 Å². The van der Waals surface area contributed by atoms with Crippen molar-refractivity contribution in [2.24, 2.45) is 5.92 Å². The number of halogens is 6. The SMILES string of the molecule is CCC[C@H](NC(=O)C(CS(=O)(=O)Cc1ccccc1C(F)(F)F)CS(=O)(=O)Cc1ccccc1C(F)(F)F)C(=O)c1nc2ccccc2o1. The standard InChI is InChI=1S/C32H30F6N2O7S2/c1-2-9-26(28(41)30-40-25-14-7-8-15-27(25)47-30)39-29(42)22(18-48(43,44)16-20-10-3-5-12-23(20)31(33,34)35)19-49(45,46)17-21-11-4-6-13-24(21)32(36,37)38/h3-8,10-15,22,26H,2,9,16-19H2,1H3,(H,39,42)/t26-/m0/s1. The van der Waals surface area contributed by atoms with Crippen LogP contribution in [0.3, 0.4) is 0 Å². The zero-order chi connectivity index (χ0) is 36.2. The molecule has 0 aliphatic rings. The van der Waals surface area contributed by atoms with Crippen molar-refractivity contribution in [2.45, 2.75) is 49.7 Å². The Morgan fingerprint density at radius 1 is 0.755 bits per heavy atom. The molecule has 1 amide bonds. The molecule has 0 aliphatic carbocycles. The van der Waals surface area contributed by atoms with Crippen molar-refractivity contribution < 1.29 is 57.2 Å². The largest absolute Gasteiger partial charge is 0.434 e. The molecule has 4 rings (SSSR count). The summed E-state index contributed by atoms with van der Waals surface area (Å²) in [7, 11) is -9.39. The number of nitrogens with zero attached hydrogens (tertiary/aromatic N) is 1. The molecule has 3 aromatic carbocycles. The number of sulfone groups is 2. The maximum atomic E-state index is 13.6. The topological polar surface area (TPSA) is 140 Å². The van der Waals surface area contributed by atoms with E-state index < -0.39 is 107 Å². The number of aromatic nitrogens is 1. The van der Waals surface area contributed by atoms with Gasteiger partial charge in [-0.3, -0.25) is 9.59 Å². The summed E-state index contributed by atoms with van der Waals surface area (Å²) >= 11 is 0. The Morgan fingerprint density at radius 3 is 1.69 bits per heavy atom. The van der Waals surface area contributed by atoms with E-state index in [9.17, 15) is 52.8 Å². The van der Waals surface area contributed by atoms with Crippen molar-refractivity contribution in [1.82, 2.24) is 10.3 Å². The number of nitrogens with one attached hydrogen (secondary N) is 1. The van der Waals surface area contributed by atoms with Gasteiger partial charge < -0.3 is 9.73 Å². The lowest BCUT2D eigenvalue weighted by Crippen LogP contribution is -2.47. The molecule has 1 aromatic heterocycles. The number of hydrogen-bond acceptors (Lipinski definition) is 8. The number of alkyl halides is 6. The third-order valence-electron chi connectivity index (χ3n) is 7.39. The molecule has 49 heavy (non-hydrogen) atoms. The molecular formula is C32H30F6N2O7S2. The van der Waals surface area contributed by atoms with Crippen LogP contribution >= 0.6 is 0 Å². The van der Waals surface area contributed by atoms with Gasteiger partial charge in [0.15, 0.2) is 25.3 Å². The molecule has 0 aliphatic heterocycles. The number of benzene rings is 3. The van der Waals surface area contributed by atoms with E-state index in [4.69, 9.17) is 4.42 Å². The summed E-state index contributed by atoms with van der Waals surface area (Å²) < 4.78 is 140. The molecule has 264 valence electrons. The van der Waals surface area contributed by atoms with E-state index in [2.05, 4.69) is 10.3 Å². The first-order chi connectivity index (χ1) is 22.8. The Kier molecular flexibility index (Phi) is 11.3. The van der Waals surface area contributed by atoms with Crippen LogP contribution in [0.2, 0.25) is 0 Å². The number of oxazole rings is 1. The van der Waals surface area contributed by atoms with E-state index in [0.29, 0.717) is 24.1 Å². The average Bonchev–Trinajstić information content (AvgIpc) is 3.43. The maximum absolute atomic E-state index is 13.6. The van der Waals surface area contributed by atoms with Crippen LogP contribution < -0.4 is 5.32 Å². The number of fused-ring (bicyclic) bond motifs is 1. The normalized spacial score (nSPS) is 13.5. The summed E-state index contributed by atoms with van der Waals surface area (Å²) in [6, 6.07) is 12.5.